The van der Waals surface area contributed by atoms with Crippen LogP contribution in [-0.2, 0) is 23.7 Å². The van der Waals surface area contributed by atoms with Gasteiger partial charge in [0.25, 0.3) is 0 Å². The van der Waals surface area contributed by atoms with E-state index in [2.05, 4.69) is 43.5 Å². The Hall–Kier alpha value is -1.79. The van der Waals surface area contributed by atoms with Crippen molar-refractivity contribution in [2.45, 2.75) is 498 Å². The molecule has 0 aliphatic carbocycles. The van der Waals surface area contributed by atoms with Crippen molar-refractivity contribution >= 4 is 5.91 Å². The predicted octanol–water partition coefficient (Wildman–Crippen LogP) is 21.1. The van der Waals surface area contributed by atoms with Crippen LogP contribution in [0.4, 0.5) is 0 Å². The Kier molecular flexibility index (Phi) is 68.1. The number of allylic oxidation sites excluding steroid dienone is 5. The fourth-order valence-electron chi connectivity index (χ4n) is 14.9. The Bertz CT molecular complexity index is 1850. The minimum Gasteiger partial charge on any atom is -0.394 e. The molecule has 0 saturated carbocycles. The maximum Gasteiger partial charge on any atom is 0.220 e. The molecule has 102 heavy (non-hydrogen) atoms. The van der Waals surface area contributed by atoms with Crippen molar-refractivity contribution in [2.75, 3.05) is 19.8 Å². The molecule has 14 nitrogen and oxygen atoms in total. The van der Waals surface area contributed by atoms with Crippen molar-refractivity contribution in [1.82, 2.24) is 5.32 Å². The zero-order valence-corrected chi connectivity index (χ0v) is 66.4. The molecule has 9 N–H and O–H groups in total. The highest BCUT2D eigenvalue weighted by atomic mass is 16.7. The highest BCUT2D eigenvalue weighted by molar-refractivity contribution is 5.76. The lowest BCUT2D eigenvalue weighted by molar-refractivity contribution is -0.359. The van der Waals surface area contributed by atoms with Crippen molar-refractivity contribution < 1.29 is 64.6 Å². The van der Waals surface area contributed by atoms with Gasteiger partial charge in [0.05, 0.1) is 32.0 Å². The molecule has 12 atom stereocenters. The minimum atomic E-state index is -1.79. The molecule has 0 aromatic heterocycles. The minimum absolute atomic E-state index is 0.244. The van der Waals surface area contributed by atoms with Crippen LogP contribution < -0.4 is 5.32 Å². The van der Waals surface area contributed by atoms with E-state index in [1.807, 2.05) is 6.08 Å². The summed E-state index contributed by atoms with van der Waals surface area (Å²) >= 11 is 0. The van der Waals surface area contributed by atoms with E-state index in [9.17, 15) is 45.6 Å². The average Bonchev–Trinajstić information content (AvgIpc) is 0.790. The Morgan fingerprint density at radius 1 is 0.343 bits per heavy atom. The largest absolute Gasteiger partial charge is 0.394 e. The molecule has 2 aliphatic heterocycles. The third-order valence-corrected chi connectivity index (χ3v) is 21.8. The number of carbonyl (C=O) groups excluding carboxylic acids is 1. The molecule has 0 bridgehead atoms. The Labute approximate surface area is 627 Å². The van der Waals surface area contributed by atoms with Gasteiger partial charge in [0.2, 0.25) is 5.91 Å². The van der Waals surface area contributed by atoms with Gasteiger partial charge in [-0.3, -0.25) is 4.79 Å². The van der Waals surface area contributed by atoms with Crippen LogP contribution in [0.25, 0.3) is 0 Å². The average molecular weight is 1450 g/mol. The first-order chi connectivity index (χ1) is 50.1. The smallest absolute Gasteiger partial charge is 0.220 e. The summed E-state index contributed by atoms with van der Waals surface area (Å²) in [5.74, 6) is -0.244. The monoisotopic (exact) mass is 1450 g/mol. The highest BCUT2D eigenvalue weighted by Crippen LogP contribution is 2.31. The first-order valence-corrected chi connectivity index (χ1v) is 44.2. The van der Waals surface area contributed by atoms with Gasteiger partial charge in [-0.1, -0.05) is 410 Å². The Morgan fingerprint density at radius 3 is 0.961 bits per heavy atom. The van der Waals surface area contributed by atoms with Gasteiger partial charge in [-0.2, -0.15) is 0 Å². The van der Waals surface area contributed by atoms with E-state index in [0.29, 0.717) is 12.8 Å². The van der Waals surface area contributed by atoms with Crippen molar-refractivity contribution in [3.8, 4) is 0 Å². The molecule has 602 valence electrons. The lowest BCUT2D eigenvalue weighted by Gasteiger charge is -2.46. The van der Waals surface area contributed by atoms with Crippen LogP contribution in [0.2, 0.25) is 0 Å². The number of rotatable bonds is 76. The molecular formula is C88H167NO13. The van der Waals surface area contributed by atoms with E-state index >= 15 is 0 Å². The zero-order valence-electron chi connectivity index (χ0n) is 66.4. The fourth-order valence-corrected chi connectivity index (χ4v) is 14.9. The van der Waals surface area contributed by atoms with Gasteiger partial charge < -0.3 is 65.1 Å². The molecule has 1 amide bonds. The summed E-state index contributed by atoms with van der Waals surface area (Å²) in [4.78, 5) is 13.4. The van der Waals surface area contributed by atoms with E-state index in [4.69, 9.17) is 18.9 Å². The van der Waals surface area contributed by atoms with Crippen LogP contribution in [0.5, 0.6) is 0 Å². The van der Waals surface area contributed by atoms with Crippen LogP contribution in [0, 0.1) is 0 Å². The molecule has 0 aromatic carbocycles. The third kappa shape index (κ3) is 53.9. The van der Waals surface area contributed by atoms with Crippen molar-refractivity contribution in [3.05, 3.63) is 36.5 Å². The molecule has 2 heterocycles. The topological polar surface area (TPSA) is 228 Å². The summed E-state index contributed by atoms with van der Waals surface area (Å²) in [5, 5.41) is 87.7. The van der Waals surface area contributed by atoms with Gasteiger partial charge >= 0.3 is 0 Å². The molecule has 12 unspecified atom stereocenters. The zero-order chi connectivity index (χ0) is 73.7. The quantitative estimate of drug-likeness (QED) is 0.0204. The van der Waals surface area contributed by atoms with E-state index in [-0.39, 0.29) is 18.9 Å². The summed E-state index contributed by atoms with van der Waals surface area (Å²) in [7, 11) is 0. The summed E-state index contributed by atoms with van der Waals surface area (Å²) in [6, 6.07) is -0.939. The Balaban J connectivity index is 1.57. The van der Waals surface area contributed by atoms with E-state index in [1.165, 1.54) is 347 Å². The maximum absolute atomic E-state index is 13.4. The second-order valence-corrected chi connectivity index (χ2v) is 31.4. The SMILES string of the molecule is CCCCCCCCCCCCCCCCCCCC/C=C/CC/C=C/CC/C=C/C(O)C(COC1OC(CO)C(OC2OC(CO)C(O)C(O)C2O)C(O)C1O)NC(=O)CCCCCCCCCCCCCCCCCCCCCCCCCCCCCCCCCCCCCCCCCC. The fraction of sp³-hybridized carbons (Fsp3) is 0.920. The Morgan fingerprint density at radius 2 is 0.627 bits per heavy atom. The number of nitrogens with one attached hydrogen (secondary N) is 1. The third-order valence-electron chi connectivity index (χ3n) is 21.8. The summed E-state index contributed by atoms with van der Waals surface area (Å²) in [6.07, 6.45) is 79.9. The second kappa shape index (κ2) is 72.1. The number of carbonyl (C=O) groups is 1. The van der Waals surface area contributed by atoms with Crippen LogP contribution in [-0.4, -0.2) is 140 Å². The molecule has 2 fully saturated rings. The van der Waals surface area contributed by atoms with Gasteiger partial charge in [-0.25, -0.2) is 0 Å². The molecule has 2 rings (SSSR count). The van der Waals surface area contributed by atoms with Gasteiger partial charge in [-0.05, 0) is 44.9 Å². The lowest BCUT2D eigenvalue weighted by Crippen LogP contribution is -2.65. The van der Waals surface area contributed by atoms with Crippen molar-refractivity contribution in [1.29, 1.82) is 0 Å². The summed E-state index contributed by atoms with van der Waals surface area (Å²) < 4.78 is 22.9. The molecular weight excluding hydrogens is 1280 g/mol. The van der Waals surface area contributed by atoms with Crippen LogP contribution in [0.1, 0.15) is 425 Å². The number of hydrogen-bond donors (Lipinski definition) is 9. The molecule has 2 aliphatic rings. The summed E-state index contributed by atoms with van der Waals surface area (Å²) in [5.41, 5.74) is 0. The number of amides is 1. The lowest BCUT2D eigenvalue weighted by atomic mass is 9.97. The normalized spacial score (nSPS) is 21.7. The second-order valence-electron chi connectivity index (χ2n) is 31.4. The van der Waals surface area contributed by atoms with E-state index in [1.54, 1.807) is 6.08 Å². The molecule has 0 radical (unpaired) electrons. The summed E-state index contributed by atoms with van der Waals surface area (Å²) in [6.45, 7) is 2.85. The van der Waals surface area contributed by atoms with Gasteiger partial charge in [0.1, 0.15) is 48.8 Å². The molecule has 0 spiro atoms. The maximum atomic E-state index is 13.4. The van der Waals surface area contributed by atoms with E-state index in [0.717, 1.165) is 44.9 Å². The van der Waals surface area contributed by atoms with Crippen LogP contribution in [0.3, 0.4) is 0 Å². The number of unbranched alkanes of at least 4 members (excludes halogenated alkanes) is 59. The van der Waals surface area contributed by atoms with Crippen LogP contribution in [0.15, 0.2) is 36.5 Å². The number of aliphatic hydroxyl groups is 8. The van der Waals surface area contributed by atoms with Gasteiger partial charge in [-0.15, -0.1) is 0 Å². The first kappa shape index (κ1) is 96.3. The highest BCUT2D eigenvalue weighted by Gasteiger charge is 2.51. The standard InChI is InChI=1S/C88H167NO13/c1-3-5-7-9-11-13-15-17-19-21-23-25-27-29-31-33-34-35-36-37-38-39-40-41-42-43-44-46-48-50-52-54-56-58-60-62-64-66-68-70-72-80(93)89-76(75-99-87-85(98)83(96)86(79(74-91)101-87)102-88-84(97)82(95)81(94)78(73-90)100-88)77(92)71-69-67-65-63-61-59-57-55-53-51-49-47-45-32-30-28-26-24-22-20-18-16-14-12-10-8-6-4-2/h53,55,61,63,69,71,76-79,81-88,90-92,94-98H,3-52,54,56-60,62,64-68,70,72-75H2,1-2H3,(H,89,93)/b55-53+,63-61+,71-69+. The molecule has 0 aromatic rings. The van der Waals surface area contributed by atoms with Crippen molar-refractivity contribution in [2.24, 2.45) is 0 Å². The number of ether oxygens (including phenoxy) is 4. The predicted molar refractivity (Wildman–Crippen MR) is 425 cm³/mol. The van der Waals surface area contributed by atoms with Gasteiger partial charge in [0, 0.05) is 6.42 Å². The van der Waals surface area contributed by atoms with Crippen molar-refractivity contribution in [3.63, 3.8) is 0 Å². The number of hydrogen-bond acceptors (Lipinski definition) is 13. The van der Waals surface area contributed by atoms with E-state index < -0.39 is 86.8 Å². The molecule has 2 saturated heterocycles. The molecule has 14 heteroatoms. The van der Waals surface area contributed by atoms with Gasteiger partial charge in [0.15, 0.2) is 12.6 Å². The van der Waals surface area contributed by atoms with Crippen LogP contribution >= 0.6 is 0 Å². The first-order valence-electron chi connectivity index (χ1n) is 44.2. The number of aliphatic hydroxyl groups excluding tert-OH is 8.